The van der Waals surface area contributed by atoms with E-state index in [-0.39, 0.29) is 5.88 Å². The minimum atomic E-state index is -1.36. The van der Waals surface area contributed by atoms with Crippen molar-refractivity contribution in [3.8, 4) is 22.8 Å². The second-order valence-electron chi connectivity index (χ2n) is 6.06. The van der Waals surface area contributed by atoms with Crippen molar-refractivity contribution >= 4 is 6.16 Å². The molecule has 0 atom stereocenters. The number of pyridine rings is 1. The quantitative estimate of drug-likeness (QED) is 0.815. The van der Waals surface area contributed by atoms with Crippen LogP contribution in [0, 0.1) is 6.92 Å². The molecule has 1 fully saturated rings. The lowest BCUT2D eigenvalue weighted by Crippen LogP contribution is -2.19. The van der Waals surface area contributed by atoms with Crippen molar-refractivity contribution in [3.05, 3.63) is 42.1 Å². The minimum Gasteiger partial charge on any atom is -0.490 e. The van der Waals surface area contributed by atoms with Crippen LogP contribution in [-0.2, 0) is 0 Å². The lowest BCUT2D eigenvalue weighted by molar-refractivity contribution is 0.142. The summed E-state index contributed by atoms with van der Waals surface area (Å²) in [6.07, 6.45) is 6.55. The van der Waals surface area contributed by atoms with E-state index in [1.807, 2.05) is 30.3 Å². The van der Waals surface area contributed by atoms with Gasteiger partial charge in [-0.05, 0) is 61.9 Å². The van der Waals surface area contributed by atoms with Gasteiger partial charge in [-0.3, -0.25) is 0 Å². The van der Waals surface area contributed by atoms with Gasteiger partial charge in [0.25, 0.3) is 0 Å². The largest absolute Gasteiger partial charge is 0.512 e. The number of hydrogen-bond donors (Lipinski definition) is 1. The van der Waals surface area contributed by atoms with Crippen molar-refractivity contribution < 1.29 is 19.4 Å². The standard InChI is InChI=1S/C19H21NO4/c1-13-17(11-12-20-18(13)24-19(21)22)14-7-9-16(10-8-14)23-15-5-3-2-4-6-15/h7-12,15H,2-6H2,1H3,(H,21,22). The van der Waals surface area contributed by atoms with Crippen molar-refractivity contribution in [3.63, 3.8) is 0 Å². The molecule has 0 spiro atoms. The van der Waals surface area contributed by atoms with Crippen LogP contribution in [0.5, 0.6) is 11.6 Å². The fourth-order valence-electron chi connectivity index (χ4n) is 3.10. The number of hydrogen-bond acceptors (Lipinski definition) is 4. The number of aromatic nitrogens is 1. The first-order valence-electron chi connectivity index (χ1n) is 8.27. The molecule has 1 aromatic heterocycles. The number of nitrogens with zero attached hydrogens (tertiary/aromatic N) is 1. The summed E-state index contributed by atoms with van der Waals surface area (Å²) in [5.74, 6) is 0.988. The van der Waals surface area contributed by atoms with Crippen LogP contribution in [-0.4, -0.2) is 22.3 Å². The average Bonchev–Trinajstić information content (AvgIpc) is 2.58. The van der Waals surface area contributed by atoms with Crippen LogP contribution in [0.4, 0.5) is 4.79 Å². The highest BCUT2D eigenvalue weighted by Gasteiger charge is 2.15. The summed E-state index contributed by atoms with van der Waals surface area (Å²) in [7, 11) is 0. The first-order chi connectivity index (χ1) is 11.6. The summed E-state index contributed by atoms with van der Waals surface area (Å²) in [4.78, 5) is 14.7. The molecule has 0 amide bonds. The van der Waals surface area contributed by atoms with Crippen LogP contribution in [0.15, 0.2) is 36.5 Å². The predicted molar refractivity (Wildman–Crippen MR) is 90.6 cm³/mol. The number of rotatable bonds is 4. The molecular weight excluding hydrogens is 306 g/mol. The highest BCUT2D eigenvalue weighted by atomic mass is 16.7. The number of benzene rings is 1. The zero-order chi connectivity index (χ0) is 16.9. The Morgan fingerprint density at radius 3 is 2.50 bits per heavy atom. The third kappa shape index (κ3) is 3.85. The average molecular weight is 327 g/mol. The summed E-state index contributed by atoms with van der Waals surface area (Å²) in [6.45, 7) is 1.80. The molecule has 1 heterocycles. The van der Waals surface area contributed by atoms with Gasteiger partial charge in [-0.1, -0.05) is 18.6 Å². The predicted octanol–water partition coefficient (Wildman–Crippen LogP) is 4.83. The van der Waals surface area contributed by atoms with E-state index in [1.165, 1.54) is 19.3 Å². The topological polar surface area (TPSA) is 68.7 Å². The highest BCUT2D eigenvalue weighted by molar-refractivity contribution is 5.70. The Hall–Kier alpha value is -2.56. The molecule has 0 bridgehead atoms. The van der Waals surface area contributed by atoms with E-state index >= 15 is 0 Å². The van der Waals surface area contributed by atoms with E-state index in [9.17, 15) is 4.79 Å². The van der Waals surface area contributed by atoms with E-state index in [2.05, 4.69) is 4.98 Å². The molecule has 0 unspecified atom stereocenters. The molecule has 126 valence electrons. The van der Waals surface area contributed by atoms with Gasteiger partial charge in [0.2, 0.25) is 5.88 Å². The first kappa shape index (κ1) is 16.3. The second-order valence-corrected chi connectivity index (χ2v) is 6.06. The lowest BCUT2D eigenvalue weighted by atomic mass is 9.97. The van der Waals surface area contributed by atoms with Crippen LogP contribution >= 0.6 is 0 Å². The van der Waals surface area contributed by atoms with E-state index in [4.69, 9.17) is 14.6 Å². The van der Waals surface area contributed by atoms with Crippen LogP contribution < -0.4 is 9.47 Å². The van der Waals surface area contributed by atoms with Gasteiger partial charge in [-0.2, -0.15) is 0 Å². The zero-order valence-electron chi connectivity index (χ0n) is 13.7. The molecule has 5 heteroatoms. The van der Waals surface area contributed by atoms with Gasteiger partial charge in [0.15, 0.2) is 0 Å². The number of carbonyl (C=O) groups is 1. The molecule has 0 aliphatic heterocycles. The van der Waals surface area contributed by atoms with Crippen molar-refractivity contribution in [2.45, 2.75) is 45.1 Å². The van der Waals surface area contributed by atoms with Crippen molar-refractivity contribution in [1.82, 2.24) is 4.98 Å². The minimum absolute atomic E-state index is 0.113. The molecule has 1 aliphatic carbocycles. The molecule has 2 aromatic rings. The van der Waals surface area contributed by atoms with Crippen molar-refractivity contribution in [2.75, 3.05) is 0 Å². The summed E-state index contributed by atoms with van der Waals surface area (Å²) in [5.41, 5.74) is 2.56. The van der Waals surface area contributed by atoms with E-state index in [0.29, 0.717) is 11.7 Å². The summed E-state index contributed by atoms with van der Waals surface area (Å²) >= 11 is 0. The molecule has 3 rings (SSSR count). The van der Waals surface area contributed by atoms with Crippen LogP contribution in [0.1, 0.15) is 37.7 Å². The van der Waals surface area contributed by atoms with Gasteiger partial charge in [0.1, 0.15) is 5.75 Å². The van der Waals surface area contributed by atoms with E-state index in [0.717, 1.165) is 29.7 Å². The number of ether oxygens (including phenoxy) is 2. The van der Waals surface area contributed by atoms with Gasteiger partial charge in [-0.25, -0.2) is 9.78 Å². The van der Waals surface area contributed by atoms with Crippen molar-refractivity contribution in [1.29, 1.82) is 0 Å². The molecule has 1 aromatic carbocycles. The Balaban J connectivity index is 1.76. The monoisotopic (exact) mass is 327 g/mol. The fourth-order valence-corrected chi connectivity index (χ4v) is 3.10. The smallest absolute Gasteiger partial charge is 0.490 e. The molecule has 0 radical (unpaired) electrons. The molecule has 1 N–H and O–H groups in total. The Morgan fingerprint density at radius 2 is 1.83 bits per heavy atom. The second kappa shape index (κ2) is 7.34. The molecule has 1 aliphatic rings. The highest BCUT2D eigenvalue weighted by Crippen LogP contribution is 2.30. The Bertz CT molecular complexity index is 706. The van der Waals surface area contributed by atoms with Crippen LogP contribution in [0.25, 0.3) is 11.1 Å². The Kier molecular flexibility index (Phi) is 4.99. The molecular formula is C19H21NO4. The van der Waals surface area contributed by atoms with E-state index in [1.54, 1.807) is 13.1 Å². The molecule has 1 saturated carbocycles. The Morgan fingerprint density at radius 1 is 1.12 bits per heavy atom. The SMILES string of the molecule is Cc1c(-c2ccc(OC3CCCCC3)cc2)ccnc1OC(=O)O. The van der Waals surface area contributed by atoms with Gasteiger partial charge in [0, 0.05) is 11.8 Å². The third-order valence-electron chi connectivity index (χ3n) is 4.36. The van der Waals surface area contributed by atoms with Gasteiger partial charge in [0.05, 0.1) is 6.10 Å². The van der Waals surface area contributed by atoms with Gasteiger partial charge >= 0.3 is 6.16 Å². The van der Waals surface area contributed by atoms with Crippen LogP contribution in [0.2, 0.25) is 0 Å². The third-order valence-corrected chi connectivity index (χ3v) is 4.36. The van der Waals surface area contributed by atoms with Crippen molar-refractivity contribution in [2.24, 2.45) is 0 Å². The van der Waals surface area contributed by atoms with Crippen LogP contribution in [0.3, 0.4) is 0 Å². The Labute approximate surface area is 141 Å². The maximum absolute atomic E-state index is 10.7. The van der Waals surface area contributed by atoms with Gasteiger partial charge < -0.3 is 14.6 Å². The van der Waals surface area contributed by atoms with Gasteiger partial charge in [-0.15, -0.1) is 0 Å². The lowest BCUT2D eigenvalue weighted by Gasteiger charge is -2.23. The molecule has 24 heavy (non-hydrogen) atoms. The fraction of sp³-hybridized carbons (Fsp3) is 0.368. The zero-order valence-corrected chi connectivity index (χ0v) is 13.7. The van der Waals surface area contributed by atoms with E-state index < -0.39 is 6.16 Å². The molecule has 5 nitrogen and oxygen atoms in total. The number of carboxylic acid groups (broad SMARTS) is 1. The normalized spacial score (nSPS) is 15.0. The maximum Gasteiger partial charge on any atom is 0.512 e. The summed E-state index contributed by atoms with van der Waals surface area (Å²) in [5, 5.41) is 8.77. The maximum atomic E-state index is 10.7. The molecule has 0 saturated heterocycles. The summed E-state index contributed by atoms with van der Waals surface area (Å²) < 4.78 is 10.8. The first-order valence-corrected chi connectivity index (χ1v) is 8.27. The summed E-state index contributed by atoms with van der Waals surface area (Å²) in [6, 6.07) is 9.72.